The van der Waals surface area contributed by atoms with Crippen LogP contribution in [0.25, 0.3) is 49.9 Å². The summed E-state index contributed by atoms with van der Waals surface area (Å²) in [7, 11) is 0. The number of rotatable bonds is 9. The summed E-state index contributed by atoms with van der Waals surface area (Å²) < 4.78 is 9.18. The Morgan fingerprint density at radius 2 is 1.13 bits per heavy atom. The van der Waals surface area contributed by atoms with Crippen molar-refractivity contribution in [2.75, 3.05) is 16.5 Å². The summed E-state index contributed by atoms with van der Waals surface area (Å²) in [5, 5.41) is 2.35. The molecular weight excluding hydrogens is 841 g/mol. The Morgan fingerprint density at radius 1 is 0.493 bits per heavy atom. The lowest BCUT2D eigenvalue weighted by molar-refractivity contribution is 0.483. The highest BCUT2D eigenvalue weighted by atomic mass is 16.5. The molecule has 5 heteroatoms. The Labute approximate surface area is 410 Å². The molecule has 0 amide bonds. The summed E-state index contributed by atoms with van der Waals surface area (Å²) in [6, 6.07) is 59.8. The fraction of sp³-hybridized carbons (Fsp3) is 0.266. The number of ether oxygens (including phenoxy) is 1. The number of para-hydroxylation sites is 1. The summed E-state index contributed by atoms with van der Waals surface area (Å²) in [4.78, 5) is 10.1. The van der Waals surface area contributed by atoms with E-state index >= 15 is 0 Å². The van der Waals surface area contributed by atoms with Gasteiger partial charge in [-0.2, -0.15) is 0 Å². The van der Waals surface area contributed by atoms with Gasteiger partial charge in [0.05, 0.1) is 22.4 Å². The largest absolute Gasteiger partial charge is 0.457 e. The van der Waals surface area contributed by atoms with Crippen LogP contribution in [-0.2, 0) is 22.7 Å². The normalized spacial score (nSPS) is 13.2. The van der Waals surface area contributed by atoms with Gasteiger partial charge in [0.15, 0.2) is 0 Å². The Hall–Kier alpha value is -7.11. The van der Waals surface area contributed by atoms with Gasteiger partial charge in [-0.1, -0.05) is 167 Å². The molecule has 0 saturated carbocycles. The van der Waals surface area contributed by atoms with E-state index in [-0.39, 0.29) is 16.2 Å². The van der Waals surface area contributed by atoms with Gasteiger partial charge in [0.1, 0.15) is 24.0 Å². The molecule has 0 spiro atoms. The van der Waals surface area contributed by atoms with Gasteiger partial charge in [-0.3, -0.25) is 4.57 Å². The van der Waals surface area contributed by atoms with Crippen molar-refractivity contribution in [2.24, 2.45) is 5.92 Å². The van der Waals surface area contributed by atoms with E-state index in [1.165, 1.54) is 61.3 Å². The number of pyridine rings is 1. The van der Waals surface area contributed by atoms with Gasteiger partial charge in [-0.15, -0.1) is 0 Å². The van der Waals surface area contributed by atoms with Crippen LogP contribution in [0.4, 0.5) is 22.7 Å². The highest BCUT2D eigenvalue weighted by Crippen LogP contribution is 2.48. The Balaban J connectivity index is 1.02. The molecule has 348 valence electrons. The van der Waals surface area contributed by atoms with Crippen molar-refractivity contribution >= 4 is 44.6 Å². The first-order chi connectivity index (χ1) is 32.9. The minimum atomic E-state index is -0.00952. The van der Waals surface area contributed by atoms with E-state index in [2.05, 4.69) is 261 Å². The van der Waals surface area contributed by atoms with E-state index < -0.39 is 0 Å². The zero-order valence-corrected chi connectivity index (χ0v) is 42.4. The lowest BCUT2D eigenvalue weighted by Crippen LogP contribution is -2.25. The van der Waals surface area contributed by atoms with E-state index in [1.807, 2.05) is 0 Å². The molecule has 0 bridgehead atoms. The molecule has 10 rings (SSSR count). The summed E-state index contributed by atoms with van der Waals surface area (Å²) in [5.74, 6) is 2.93. The lowest BCUT2D eigenvalue weighted by Gasteiger charge is -2.29. The second-order valence-corrected chi connectivity index (χ2v) is 22.6. The van der Waals surface area contributed by atoms with E-state index in [4.69, 9.17) is 9.72 Å². The van der Waals surface area contributed by atoms with Crippen LogP contribution in [0.3, 0.4) is 0 Å². The minimum absolute atomic E-state index is 0.00952. The first-order valence-electron chi connectivity index (χ1n) is 24.7. The van der Waals surface area contributed by atoms with Gasteiger partial charge >= 0.3 is 0 Å². The molecule has 0 fully saturated rings. The van der Waals surface area contributed by atoms with Crippen molar-refractivity contribution < 1.29 is 4.74 Å². The number of aromatic nitrogens is 2. The first kappa shape index (κ1) is 45.7. The molecule has 1 aliphatic heterocycles. The Morgan fingerprint density at radius 3 is 1.83 bits per heavy atom. The molecule has 2 aromatic heterocycles. The zero-order chi connectivity index (χ0) is 48.4. The standard InChI is InChI=1S/C64H66N4O/c1-42(2)32-46-34-61(65-40-56(46)44-24-27-47(28-25-44)62(3,4)5)68-57-23-16-15-22-54(57)55-30-29-53(39-59(55)68)69-52-21-17-20-50(38-52)66-41-67(51-36-48(63(6,7)8)35-49(37-51)64(9,10)11)60-33-45(26-31-58(60)66)43-18-13-12-14-19-43/h12-31,33-40,42H,32,41H2,1-11H3. The van der Waals surface area contributed by atoms with Gasteiger partial charge in [0, 0.05) is 46.0 Å². The average molecular weight is 907 g/mol. The monoisotopic (exact) mass is 907 g/mol. The van der Waals surface area contributed by atoms with Crippen LogP contribution in [-0.4, -0.2) is 16.2 Å². The topological polar surface area (TPSA) is 33.5 Å². The maximum atomic E-state index is 6.87. The van der Waals surface area contributed by atoms with Crippen molar-refractivity contribution in [3.63, 3.8) is 0 Å². The molecule has 0 atom stereocenters. The molecule has 0 N–H and O–H groups in total. The van der Waals surface area contributed by atoms with Gasteiger partial charge in [-0.25, -0.2) is 4.98 Å². The fourth-order valence-electron chi connectivity index (χ4n) is 9.88. The van der Waals surface area contributed by atoms with Crippen molar-refractivity contribution in [3.05, 3.63) is 192 Å². The smallest absolute Gasteiger partial charge is 0.137 e. The molecule has 7 aromatic carbocycles. The van der Waals surface area contributed by atoms with Crippen molar-refractivity contribution in [1.29, 1.82) is 0 Å². The van der Waals surface area contributed by atoms with Crippen molar-refractivity contribution in [3.8, 4) is 39.6 Å². The maximum absolute atomic E-state index is 6.87. The van der Waals surface area contributed by atoms with Crippen molar-refractivity contribution in [2.45, 2.75) is 98.8 Å². The van der Waals surface area contributed by atoms with Gasteiger partial charge in [0.2, 0.25) is 0 Å². The van der Waals surface area contributed by atoms with Gasteiger partial charge in [-0.05, 0) is 128 Å². The summed E-state index contributed by atoms with van der Waals surface area (Å²) in [6.45, 7) is 25.9. The molecule has 0 aliphatic carbocycles. The number of hydrogen-bond acceptors (Lipinski definition) is 4. The van der Waals surface area contributed by atoms with E-state index in [0.717, 1.165) is 51.5 Å². The number of anilines is 4. The second kappa shape index (κ2) is 17.4. The average Bonchev–Trinajstić information content (AvgIpc) is 3.86. The maximum Gasteiger partial charge on any atom is 0.137 e. The zero-order valence-electron chi connectivity index (χ0n) is 42.4. The highest BCUT2D eigenvalue weighted by Gasteiger charge is 2.31. The third-order valence-electron chi connectivity index (χ3n) is 13.8. The van der Waals surface area contributed by atoms with Crippen LogP contribution in [0.15, 0.2) is 170 Å². The quantitative estimate of drug-likeness (QED) is 0.144. The van der Waals surface area contributed by atoms with Crippen molar-refractivity contribution in [1.82, 2.24) is 9.55 Å². The predicted molar refractivity (Wildman–Crippen MR) is 293 cm³/mol. The number of nitrogens with zero attached hydrogens (tertiary/aromatic N) is 4. The predicted octanol–water partition coefficient (Wildman–Crippen LogP) is 17.6. The van der Waals surface area contributed by atoms with Crippen LogP contribution < -0.4 is 14.5 Å². The molecule has 0 radical (unpaired) electrons. The minimum Gasteiger partial charge on any atom is -0.457 e. The molecule has 5 nitrogen and oxygen atoms in total. The van der Waals surface area contributed by atoms with Crippen LogP contribution in [0.5, 0.6) is 11.5 Å². The van der Waals surface area contributed by atoms with E-state index in [9.17, 15) is 0 Å². The molecule has 0 unspecified atom stereocenters. The molecule has 9 aromatic rings. The number of hydrogen-bond donors (Lipinski definition) is 0. The third kappa shape index (κ3) is 9.03. The second-order valence-electron chi connectivity index (χ2n) is 22.6. The molecular formula is C64H66N4O. The SMILES string of the molecule is CC(C)Cc1cc(-n2c3ccccc3c3ccc(Oc4cccc(N5CN(c6cc(C(C)(C)C)cc(C(C)(C)C)c6)c6cc(-c7ccccc7)ccc65)c4)cc32)ncc1-c1ccc(C(C)(C)C)cc1. The van der Waals surface area contributed by atoms with Gasteiger partial charge in [0.25, 0.3) is 0 Å². The molecule has 1 aliphatic rings. The van der Waals surface area contributed by atoms with Gasteiger partial charge < -0.3 is 14.5 Å². The summed E-state index contributed by atoms with van der Waals surface area (Å²) in [5.41, 5.74) is 16.9. The third-order valence-corrected chi connectivity index (χ3v) is 13.8. The van der Waals surface area contributed by atoms with E-state index in [1.54, 1.807) is 0 Å². The van der Waals surface area contributed by atoms with Crippen LogP contribution >= 0.6 is 0 Å². The Kier molecular flexibility index (Phi) is 11.5. The number of benzene rings is 7. The molecule has 3 heterocycles. The highest BCUT2D eigenvalue weighted by molar-refractivity contribution is 6.09. The summed E-state index contributed by atoms with van der Waals surface area (Å²) >= 11 is 0. The molecule has 69 heavy (non-hydrogen) atoms. The van der Waals surface area contributed by atoms with Crippen LogP contribution in [0, 0.1) is 5.92 Å². The molecule has 0 saturated heterocycles. The van der Waals surface area contributed by atoms with Crippen LogP contribution in [0.2, 0.25) is 0 Å². The Bertz CT molecular complexity index is 3310. The number of fused-ring (bicyclic) bond motifs is 4. The van der Waals surface area contributed by atoms with Crippen LogP contribution in [0.1, 0.15) is 98.4 Å². The fourth-order valence-corrected chi connectivity index (χ4v) is 9.88. The summed E-state index contributed by atoms with van der Waals surface area (Å²) in [6.07, 6.45) is 3.03. The lowest BCUT2D eigenvalue weighted by atomic mass is 9.80. The van der Waals surface area contributed by atoms with E-state index in [0.29, 0.717) is 12.6 Å². The first-order valence-corrected chi connectivity index (χ1v) is 24.7.